The first kappa shape index (κ1) is 16.5. The van der Waals surface area contributed by atoms with Gasteiger partial charge in [-0.25, -0.2) is 0 Å². The third kappa shape index (κ3) is 4.52. The van der Waals surface area contributed by atoms with E-state index >= 15 is 0 Å². The summed E-state index contributed by atoms with van der Waals surface area (Å²) in [5, 5.41) is 0.634. The van der Waals surface area contributed by atoms with E-state index in [2.05, 4.69) is 18.2 Å². The molecule has 0 spiro atoms. The highest BCUT2D eigenvalue weighted by molar-refractivity contribution is 6.30. The average Bonchev–Trinajstić information content (AvgIpc) is 2.36. The van der Waals surface area contributed by atoms with Crippen LogP contribution in [0, 0.1) is 13.8 Å². The Labute approximate surface area is 130 Å². The maximum atomic E-state index is 12.0. The zero-order valence-corrected chi connectivity index (χ0v) is 13.0. The summed E-state index contributed by atoms with van der Waals surface area (Å²) < 4.78 is 0. The minimum atomic E-state index is -0.0178. The largest absolute Gasteiger partial charge is 0.289 e. The Morgan fingerprint density at radius 1 is 1.00 bits per heavy atom. The molecule has 20 heavy (non-hydrogen) atoms. The number of hydrogen-bond donors (Lipinski definition) is 0. The van der Waals surface area contributed by atoms with Gasteiger partial charge in [0.25, 0.3) is 0 Å². The van der Waals surface area contributed by atoms with Crippen molar-refractivity contribution in [1.29, 1.82) is 0 Å². The van der Waals surface area contributed by atoms with Crippen molar-refractivity contribution < 1.29 is 4.79 Å². The first-order chi connectivity index (χ1) is 9.04. The van der Waals surface area contributed by atoms with Gasteiger partial charge in [0.1, 0.15) is 0 Å². The Kier molecular flexibility index (Phi) is 6.00. The van der Waals surface area contributed by atoms with Crippen LogP contribution in [-0.2, 0) is 0 Å². The van der Waals surface area contributed by atoms with Gasteiger partial charge in [-0.05, 0) is 49.8 Å². The molecule has 0 atom stereocenters. The van der Waals surface area contributed by atoms with Gasteiger partial charge in [-0.2, -0.15) is 0 Å². The van der Waals surface area contributed by atoms with Gasteiger partial charge >= 0.3 is 0 Å². The van der Waals surface area contributed by atoms with Gasteiger partial charge in [-0.1, -0.05) is 47.0 Å². The second kappa shape index (κ2) is 7.28. The Morgan fingerprint density at radius 2 is 1.55 bits per heavy atom. The molecule has 0 radical (unpaired) electrons. The number of ketones is 1. The summed E-state index contributed by atoms with van der Waals surface area (Å²) in [7, 11) is 0. The lowest BCUT2D eigenvalue weighted by molar-refractivity contribution is 0.104. The van der Waals surface area contributed by atoms with Crippen LogP contribution in [0.15, 0.2) is 48.5 Å². The fraction of sp³-hybridized carbons (Fsp3) is 0.118. The molecular formula is C17H16Cl2O. The zero-order valence-electron chi connectivity index (χ0n) is 11.4. The van der Waals surface area contributed by atoms with E-state index in [9.17, 15) is 4.79 Å². The van der Waals surface area contributed by atoms with Crippen LogP contribution in [-0.4, -0.2) is 5.78 Å². The van der Waals surface area contributed by atoms with E-state index in [0.29, 0.717) is 10.6 Å². The number of benzene rings is 2. The predicted octanol–water partition coefficient (Wildman–Crippen LogP) is 5.27. The molecule has 0 saturated carbocycles. The molecule has 2 aromatic rings. The minimum Gasteiger partial charge on any atom is -0.289 e. The molecule has 0 heterocycles. The van der Waals surface area contributed by atoms with Gasteiger partial charge in [0.2, 0.25) is 0 Å². The Balaban J connectivity index is 0.00000200. The van der Waals surface area contributed by atoms with Crippen molar-refractivity contribution in [1.82, 2.24) is 0 Å². The lowest BCUT2D eigenvalue weighted by Gasteiger charge is -2.00. The fourth-order valence-electron chi connectivity index (χ4n) is 1.99. The number of allylic oxidation sites excluding steroid dienone is 1. The van der Waals surface area contributed by atoms with Crippen molar-refractivity contribution >= 4 is 35.9 Å². The van der Waals surface area contributed by atoms with Gasteiger partial charge in [0, 0.05) is 10.6 Å². The molecule has 0 aliphatic carbocycles. The molecule has 1 nitrogen and oxygen atoms in total. The number of aryl methyl sites for hydroxylation is 2. The monoisotopic (exact) mass is 306 g/mol. The highest BCUT2D eigenvalue weighted by atomic mass is 35.5. The number of carbonyl (C=O) groups excluding carboxylic acids is 1. The lowest BCUT2D eigenvalue weighted by Crippen LogP contribution is -1.93. The summed E-state index contributed by atoms with van der Waals surface area (Å²) >= 11 is 5.79. The molecule has 0 N–H and O–H groups in total. The molecule has 2 aromatic carbocycles. The van der Waals surface area contributed by atoms with E-state index < -0.39 is 0 Å². The lowest BCUT2D eigenvalue weighted by atomic mass is 10.1. The minimum absolute atomic E-state index is 0. The summed E-state index contributed by atoms with van der Waals surface area (Å²) in [6.45, 7) is 4.09. The smallest absolute Gasteiger partial charge is 0.185 e. The summed E-state index contributed by atoms with van der Waals surface area (Å²) in [5.74, 6) is -0.0178. The molecule has 0 bridgehead atoms. The highest BCUT2D eigenvalue weighted by Gasteiger charge is 2.01. The van der Waals surface area contributed by atoms with Crippen LogP contribution in [0.1, 0.15) is 27.0 Å². The summed E-state index contributed by atoms with van der Waals surface area (Å²) in [6.07, 6.45) is 3.44. The maximum absolute atomic E-state index is 12.0. The van der Waals surface area contributed by atoms with Crippen LogP contribution in [0.5, 0.6) is 0 Å². The Bertz CT molecular complexity index is 608. The average molecular weight is 307 g/mol. The van der Waals surface area contributed by atoms with Crippen molar-refractivity contribution in [2.24, 2.45) is 0 Å². The van der Waals surface area contributed by atoms with Crippen molar-refractivity contribution in [3.63, 3.8) is 0 Å². The van der Waals surface area contributed by atoms with Gasteiger partial charge in [0.15, 0.2) is 5.78 Å². The molecular weight excluding hydrogens is 291 g/mol. The summed E-state index contributed by atoms with van der Waals surface area (Å²) in [5.41, 5.74) is 4.07. The molecule has 0 aromatic heterocycles. The van der Waals surface area contributed by atoms with Gasteiger partial charge in [0.05, 0.1) is 0 Å². The van der Waals surface area contributed by atoms with Crippen molar-refractivity contribution in [3.8, 4) is 0 Å². The second-order valence-corrected chi connectivity index (χ2v) is 5.06. The first-order valence-electron chi connectivity index (χ1n) is 6.11. The highest BCUT2D eigenvalue weighted by Crippen LogP contribution is 2.13. The van der Waals surface area contributed by atoms with Crippen LogP contribution in [0.25, 0.3) is 6.08 Å². The van der Waals surface area contributed by atoms with Gasteiger partial charge < -0.3 is 0 Å². The molecule has 0 aliphatic heterocycles. The zero-order chi connectivity index (χ0) is 13.8. The summed E-state index contributed by atoms with van der Waals surface area (Å²) in [4.78, 5) is 12.0. The van der Waals surface area contributed by atoms with E-state index in [1.165, 1.54) is 11.1 Å². The molecule has 0 fully saturated rings. The van der Waals surface area contributed by atoms with E-state index in [4.69, 9.17) is 11.6 Å². The van der Waals surface area contributed by atoms with Crippen LogP contribution < -0.4 is 0 Å². The number of rotatable bonds is 3. The van der Waals surface area contributed by atoms with E-state index in [1.54, 1.807) is 30.3 Å². The first-order valence-corrected chi connectivity index (χ1v) is 6.49. The Hall–Kier alpha value is -1.57. The predicted molar refractivity (Wildman–Crippen MR) is 88.0 cm³/mol. The number of hydrogen-bond acceptors (Lipinski definition) is 1. The molecule has 0 amide bonds. The van der Waals surface area contributed by atoms with Crippen LogP contribution in [0.2, 0.25) is 5.02 Å². The molecule has 0 unspecified atom stereocenters. The van der Waals surface area contributed by atoms with Crippen molar-refractivity contribution in [3.05, 3.63) is 75.8 Å². The Morgan fingerprint density at radius 3 is 2.10 bits per heavy atom. The van der Waals surface area contributed by atoms with Gasteiger partial charge in [-0.3, -0.25) is 4.79 Å². The quantitative estimate of drug-likeness (QED) is 0.557. The van der Waals surface area contributed by atoms with Crippen LogP contribution in [0.4, 0.5) is 0 Å². The third-order valence-electron chi connectivity index (χ3n) is 2.80. The molecule has 104 valence electrons. The molecule has 3 heteroatoms. The molecule has 2 rings (SSSR count). The van der Waals surface area contributed by atoms with Gasteiger partial charge in [-0.15, -0.1) is 12.4 Å². The molecule has 0 aliphatic rings. The topological polar surface area (TPSA) is 17.1 Å². The standard InChI is InChI=1S/C17H15ClO.ClH/c1-12-9-13(2)11-14(10-12)3-8-17(19)15-4-6-16(18)7-5-15;/h3-11H,1-2H3;1H. The number of carbonyl (C=O) groups is 1. The molecule has 0 saturated heterocycles. The third-order valence-corrected chi connectivity index (χ3v) is 3.05. The fourth-order valence-corrected chi connectivity index (χ4v) is 2.11. The second-order valence-electron chi connectivity index (χ2n) is 4.63. The maximum Gasteiger partial charge on any atom is 0.185 e. The van der Waals surface area contributed by atoms with E-state index in [0.717, 1.165) is 5.56 Å². The van der Waals surface area contributed by atoms with Crippen LogP contribution >= 0.6 is 24.0 Å². The SMILES string of the molecule is Cc1cc(C)cc(C=CC(=O)c2ccc(Cl)cc2)c1.Cl. The van der Waals surface area contributed by atoms with E-state index in [1.807, 2.05) is 19.9 Å². The van der Waals surface area contributed by atoms with Crippen molar-refractivity contribution in [2.75, 3.05) is 0 Å². The van der Waals surface area contributed by atoms with E-state index in [-0.39, 0.29) is 18.2 Å². The summed E-state index contributed by atoms with van der Waals surface area (Å²) in [6, 6.07) is 13.1. The van der Waals surface area contributed by atoms with Crippen molar-refractivity contribution in [2.45, 2.75) is 13.8 Å². The number of halogens is 2. The van der Waals surface area contributed by atoms with Crippen LogP contribution in [0.3, 0.4) is 0 Å². The normalized spacial score (nSPS) is 10.3.